The fraction of sp³-hybridized carbons (Fsp3) is 0.686. The van der Waals surface area contributed by atoms with Gasteiger partial charge in [-0.1, -0.05) is 352 Å². The summed E-state index contributed by atoms with van der Waals surface area (Å²) >= 11 is 2.07. The Morgan fingerprint density at radius 2 is 0.658 bits per heavy atom. The lowest BCUT2D eigenvalue weighted by molar-refractivity contribution is -0.0221. The first-order valence-electron chi connectivity index (χ1n) is 48.4. The van der Waals surface area contributed by atoms with Crippen molar-refractivity contribution in [2.24, 2.45) is 5.92 Å². The number of para-hydroxylation sites is 3. The van der Waals surface area contributed by atoms with E-state index in [2.05, 4.69) is 88.6 Å². The second-order valence-corrected chi connectivity index (χ2v) is 19.7. The van der Waals surface area contributed by atoms with Crippen LogP contribution >= 0.6 is 11.8 Å². The van der Waals surface area contributed by atoms with Crippen LogP contribution in [0.3, 0.4) is 0 Å². The van der Waals surface area contributed by atoms with E-state index in [4.69, 9.17) is 28.4 Å². The zero-order valence-corrected chi connectivity index (χ0v) is 88.9. The standard InChI is InChI=1S/4C8H6N2.C4H9N.2C4H8O.C4H8S.C3H7NO.C3H7N.C3H6O2.C3H6O.21C2H6/c1-3-7-4-2-6-10-8(7)9-5-1;1-2-4-8-7(3-1)5-9-6-10-8;1-2-4-8-6-10-9-5-7(8)3-1;1-2-4-8-7(3-1)9-5-6-10-8;1-2-4-5-3-1;1-4-2-5-3-4;2*1-2-4-5-3-1;1-2-5-3-4-1;1-3-2-4-3;1-2-5-3-4-1;1-3-2-4-3;21*1-2/h4*1-6H;5H,1-4H2;4H,2-3H2,1H3;2*1-4H2;4H,1-3H2;3-4H,2H2,1H3;1-3H2;3H,2H2,1H3;21*1-2H3. The fourth-order valence-electron chi connectivity index (χ4n) is 6.55. The van der Waals surface area contributed by atoms with Crippen molar-refractivity contribution in [3.8, 4) is 0 Å². The summed E-state index contributed by atoms with van der Waals surface area (Å²) in [5.41, 5.74) is 3.71. The van der Waals surface area contributed by atoms with E-state index in [-0.39, 0.29) is 0 Å². The summed E-state index contributed by atoms with van der Waals surface area (Å²) in [5, 5.41) is 21.3. The Morgan fingerprint density at radius 3 is 0.883 bits per heavy atom. The van der Waals surface area contributed by atoms with Gasteiger partial charge in [-0.2, -0.15) is 22.0 Å². The predicted molar refractivity (Wildman–Crippen MR) is 554 cm³/mol. The quantitative estimate of drug-likeness (QED) is 0.121. The van der Waals surface area contributed by atoms with E-state index in [0.717, 1.165) is 122 Å². The molecule has 8 aromatic rings. The normalized spacial score (nSPS) is 13.1. The summed E-state index contributed by atoms with van der Waals surface area (Å²) < 4.78 is 28.8. The average molecular weight is 1720 g/mol. The number of nitrogens with one attached hydrogen (secondary N) is 3. The zero-order chi connectivity index (χ0) is 96.6. The molecule has 0 saturated carbocycles. The molecule has 714 valence electrons. The van der Waals surface area contributed by atoms with Gasteiger partial charge >= 0.3 is 0 Å². The lowest BCUT2D eigenvalue weighted by Crippen LogP contribution is -2.23. The van der Waals surface area contributed by atoms with Gasteiger partial charge in [0.2, 0.25) is 0 Å². The highest BCUT2D eigenvalue weighted by atomic mass is 32.2. The summed E-state index contributed by atoms with van der Waals surface area (Å²) in [7, 11) is 0. The molecule has 17 nitrogen and oxygen atoms in total. The van der Waals surface area contributed by atoms with Crippen molar-refractivity contribution < 1.29 is 28.4 Å². The number of hydrogen-bond donors (Lipinski definition) is 3. The molecule has 120 heavy (non-hydrogen) atoms. The van der Waals surface area contributed by atoms with Gasteiger partial charge in [0.1, 0.15) is 13.1 Å². The van der Waals surface area contributed by atoms with Crippen molar-refractivity contribution in [2.75, 3.05) is 104 Å². The van der Waals surface area contributed by atoms with Crippen molar-refractivity contribution in [3.05, 3.63) is 147 Å². The number of pyridine rings is 2. The monoisotopic (exact) mass is 1720 g/mol. The topological polar surface area (TPSA) is 208 Å². The predicted octanol–water partition coefficient (Wildman–Crippen LogP) is 31.3. The van der Waals surface area contributed by atoms with Crippen molar-refractivity contribution in [1.29, 1.82) is 0 Å². The lowest BCUT2D eigenvalue weighted by Gasteiger charge is -2.20. The van der Waals surface area contributed by atoms with Crippen LogP contribution in [0.25, 0.3) is 43.7 Å². The molecule has 8 fully saturated rings. The van der Waals surface area contributed by atoms with Crippen molar-refractivity contribution >= 4 is 55.5 Å². The number of nitrogens with zero attached hydrogens (tertiary/aromatic N) is 8. The number of hydrogen-bond acceptors (Lipinski definition) is 18. The molecule has 16 rings (SSSR count). The molecule has 0 amide bonds. The van der Waals surface area contributed by atoms with Crippen LogP contribution < -0.4 is 16.0 Å². The van der Waals surface area contributed by atoms with Crippen molar-refractivity contribution in [3.63, 3.8) is 0 Å². The molecule has 8 saturated heterocycles. The minimum Gasteiger partial charge on any atom is -0.381 e. The van der Waals surface area contributed by atoms with Crippen LogP contribution in [0.4, 0.5) is 0 Å². The number of epoxide rings is 1. The Hall–Kier alpha value is -5.77. The fourth-order valence-corrected chi connectivity index (χ4v) is 7.57. The zero-order valence-electron chi connectivity index (χ0n) is 88.1. The van der Waals surface area contributed by atoms with Gasteiger partial charge in [-0.15, -0.1) is 0 Å². The van der Waals surface area contributed by atoms with Crippen molar-refractivity contribution in [2.45, 2.75) is 362 Å². The number of aromatic nitrogens is 8. The molecule has 5 aromatic heterocycles. The van der Waals surface area contributed by atoms with Crippen molar-refractivity contribution in [1.82, 2.24) is 56.1 Å². The maximum absolute atomic E-state index is 4.94. The van der Waals surface area contributed by atoms with E-state index < -0.39 is 0 Å². The molecule has 18 heteroatoms. The Bertz CT molecular complexity index is 2050. The van der Waals surface area contributed by atoms with E-state index in [1.54, 1.807) is 43.5 Å². The summed E-state index contributed by atoms with van der Waals surface area (Å²) in [4.78, 5) is 24.3. The molecule has 3 N–H and O–H groups in total. The number of thioether (sulfide) groups is 1. The maximum atomic E-state index is 4.94. The highest BCUT2D eigenvalue weighted by Gasteiger charge is 2.13. The molecule has 0 aliphatic carbocycles. The van der Waals surface area contributed by atoms with Gasteiger partial charge in [0.25, 0.3) is 0 Å². The average Bonchev–Trinajstić information content (AvgIpc) is 1.70. The van der Waals surface area contributed by atoms with E-state index in [9.17, 15) is 0 Å². The molecule has 0 radical (unpaired) electrons. The summed E-state index contributed by atoms with van der Waals surface area (Å²) in [6, 6.07) is 32.4. The van der Waals surface area contributed by atoms with Crippen LogP contribution in [0.1, 0.15) is 350 Å². The molecule has 3 aromatic carbocycles. The summed E-state index contributed by atoms with van der Waals surface area (Å²) in [5.74, 6) is 3.68. The van der Waals surface area contributed by atoms with Gasteiger partial charge in [0, 0.05) is 90.8 Å². The van der Waals surface area contributed by atoms with E-state index in [1.807, 2.05) is 394 Å². The molecular weight excluding hydrogens is 1510 g/mol. The molecule has 2 atom stereocenters. The van der Waals surface area contributed by atoms with Gasteiger partial charge < -0.3 is 39.1 Å². The SMILES string of the molecule is C1CCNC1.C1CCOC1.C1CCSC1.C1COCN1.C1COCO1.CC.CC.CC.CC.CC.CC.CC.CC.CC.CC.CC.CC.CC.CC.CC.CC.CC.CC.CC.CC.CC.CC1CN1.CC1CO1.CC1COC1.c1ccc2cnncc2c1.c1ccc2nccnc2c1.c1ccc2ncncc2c1.c1cnc2ncccc2c1. The lowest BCUT2D eigenvalue weighted by atomic mass is 10.2. The second-order valence-electron chi connectivity index (χ2n) is 18.5. The van der Waals surface area contributed by atoms with Crippen LogP contribution in [-0.2, 0) is 28.4 Å². The third-order valence-electron chi connectivity index (χ3n) is 11.3. The van der Waals surface area contributed by atoms with Crippen LogP contribution in [0.5, 0.6) is 0 Å². The van der Waals surface area contributed by atoms with Crippen LogP contribution in [-0.4, -0.2) is 156 Å². The highest BCUT2D eigenvalue weighted by molar-refractivity contribution is 7.99. The third-order valence-corrected chi connectivity index (χ3v) is 12.5. The first-order valence-corrected chi connectivity index (χ1v) is 49.5. The van der Waals surface area contributed by atoms with Gasteiger partial charge in [-0.25, -0.2) is 19.9 Å². The number of benzene rings is 3. The molecular formula is C102H209N11O6S. The minimum atomic E-state index is 0.500. The number of ether oxygens (including phenoxy) is 6. The molecule has 2 unspecified atom stereocenters. The maximum Gasteiger partial charge on any atom is 0.159 e. The second kappa shape index (κ2) is 171. The Labute approximate surface area is 754 Å². The highest BCUT2D eigenvalue weighted by Crippen LogP contribution is 2.15. The first-order chi connectivity index (χ1) is 59.5. The number of fused-ring (bicyclic) bond motifs is 4. The molecule has 8 aliphatic heterocycles. The summed E-state index contributed by atoms with van der Waals surface area (Å²) in [6.07, 6.45) is 22.6. The largest absolute Gasteiger partial charge is 0.381 e. The minimum absolute atomic E-state index is 0.500. The van der Waals surface area contributed by atoms with Gasteiger partial charge in [0.15, 0.2) is 5.65 Å². The van der Waals surface area contributed by atoms with Gasteiger partial charge in [-0.3, -0.25) is 15.3 Å². The van der Waals surface area contributed by atoms with E-state index in [1.165, 1.54) is 69.7 Å². The molecule has 13 heterocycles. The Morgan fingerprint density at radius 1 is 0.317 bits per heavy atom. The summed E-state index contributed by atoms with van der Waals surface area (Å²) in [6.45, 7) is 104. The van der Waals surface area contributed by atoms with E-state index in [0.29, 0.717) is 12.9 Å². The molecule has 8 aliphatic rings. The van der Waals surface area contributed by atoms with Crippen LogP contribution in [0, 0.1) is 5.92 Å². The Balaban J connectivity index is -0.0000000623. The molecule has 0 spiro atoms. The third kappa shape index (κ3) is 130. The van der Waals surface area contributed by atoms with Gasteiger partial charge in [0.05, 0.1) is 81.4 Å². The molecule has 0 bridgehead atoms. The van der Waals surface area contributed by atoms with Crippen LogP contribution in [0.2, 0.25) is 0 Å². The first kappa shape index (κ1) is 155. The number of rotatable bonds is 0. The Kier molecular flexibility index (Phi) is 221. The van der Waals surface area contributed by atoms with Gasteiger partial charge in [-0.05, 0) is 119 Å². The van der Waals surface area contributed by atoms with E-state index >= 15 is 0 Å². The smallest absolute Gasteiger partial charge is 0.159 e. The van der Waals surface area contributed by atoms with Crippen LogP contribution in [0.15, 0.2) is 147 Å².